The van der Waals surface area contributed by atoms with Gasteiger partial charge in [0.15, 0.2) is 0 Å². The first-order valence-corrected chi connectivity index (χ1v) is 6.18. The molecule has 1 rings (SSSR count). The van der Waals surface area contributed by atoms with Gasteiger partial charge in [-0.3, -0.25) is 4.79 Å². The molecule has 0 aromatic rings. The van der Waals surface area contributed by atoms with Crippen molar-refractivity contribution in [1.29, 1.82) is 0 Å². The fraction of sp³-hybridized carbons (Fsp3) is 0.917. The maximum absolute atomic E-state index is 11.3. The second-order valence-electron chi connectivity index (χ2n) is 5.78. The van der Waals surface area contributed by atoms with Crippen molar-refractivity contribution >= 4 is 17.7 Å². The minimum atomic E-state index is -0.151. The monoisotopic (exact) mass is 247 g/mol. The van der Waals surface area contributed by atoms with Crippen LogP contribution in [-0.2, 0) is 9.53 Å². The lowest BCUT2D eigenvalue weighted by Crippen LogP contribution is -2.57. The first-order valence-electron chi connectivity index (χ1n) is 5.84. The van der Waals surface area contributed by atoms with Gasteiger partial charge in [0, 0.05) is 30.3 Å². The SMILES string of the molecule is CCC(=O)OC1CC(C)(C)N(Cl)C(C)(C)C1. The van der Waals surface area contributed by atoms with Crippen LogP contribution in [0.5, 0.6) is 0 Å². The molecule has 0 amide bonds. The molecule has 0 unspecified atom stereocenters. The van der Waals surface area contributed by atoms with E-state index in [-0.39, 0.29) is 23.2 Å². The van der Waals surface area contributed by atoms with Crippen molar-refractivity contribution < 1.29 is 9.53 Å². The van der Waals surface area contributed by atoms with Gasteiger partial charge in [-0.25, -0.2) is 4.42 Å². The summed E-state index contributed by atoms with van der Waals surface area (Å²) in [7, 11) is 0. The highest BCUT2D eigenvalue weighted by Gasteiger charge is 2.46. The minimum absolute atomic E-state index is 0.0209. The fourth-order valence-corrected chi connectivity index (χ4v) is 2.66. The summed E-state index contributed by atoms with van der Waals surface area (Å²) in [6.07, 6.45) is 1.98. The van der Waals surface area contributed by atoms with Gasteiger partial charge in [-0.15, -0.1) is 0 Å². The summed E-state index contributed by atoms with van der Waals surface area (Å²) in [4.78, 5) is 11.3. The highest BCUT2D eigenvalue weighted by molar-refractivity contribution is 6.14. The van der Waals surface area contributed by atoms with Crippen molar-refractivity contribution in [3.63, 3.8) is 0 Å². The van der Waals surface area contributed by atoms with Crippen molar-refractivity contribution in [2.45, 2.75) is 71.1 Å². The van der Waals surface area contributed by atoms with Crippen LogP contribution in [0.25, 0.3) is 0 Å². The summed E-state index contributed by atoms with van der Waals surface area (Å²) in [5.41, 5.74) is -0.302. The molecule has 0 atom stereocenters. The zero-order chi connectivity index (χ0) is 12.6. The van der Waals surface area contributed by atoms with Crippen molar-refractivity contribution in [2.24, 2.45) is 0 Å². The molecule has 1 aliphatic heterocycles. The van der Waals surface area contributed by atoms with Gasteiger partial charge >= 0.3 is 5.97 Å². The molecule has 0 N–H and O–H groups in total. The van der Waals surface area contributed by atoms with Crippen LogP contribution in [0, 0.1) is 0 Å². The maximum atomic E-state index is 11.3. The molecule has 1 saturated heterocycles. The number of carbonyl (C=O) groups excluding carboxylic acids is 1. The standard InChI is InChI=1S/C12H22ClNO2/c1-6-10(15)16-9-7-11(2,3)14(13)12(4,5)8-9/h9H,6-8H2,1-5H3. The summed E-state index contributed by atoms with van der Waals surface area (Å²) >= 11 is 6.33. The van der Waals surface area contributed by atoms with Gasteiger partial charge in [-0.2, -0.15) is 0 Å². The number of halogens is 1. The van der Waals surface area contributed by atoms with E-state index in [1.54, 1.807) is 0 Å². The molecular formula is C12H22ClNO2. The van der Waals surface area contributed by atoms with Crippen molar-refractivity contribution in [1.82, 2.24) is 4.42 Å². The third-order valence-electron chi connectivity index (χ3n) is 3.10. The lowest BCUT2D eigenvalue weighted by Gasteiger charge is -2.50. The number of carbonyl (C=O) groups is 1. The average molecular weight is 248 g/mol. The molecule has 0 radical (unpaired) electrons. The Hall–Kier alpha value is -0.280. The number of hydrogen-bond acceptors (Lipinski definition) is 3. The zero-order valence-electron chi connectivity index (χ0n) is 10.8. The van der Waals surface area contributed by atoms with Gasteiger partial charge in [0.05, 0.1) is 0 Å². The number of ether oxygens (including phenoxy) is 1. The van der Waals surface area contributed by atoms with Gasteiger partial charge in [0.25, 0.3) is 0 Å². The second kappa shape index (κ2) is 4.53. The topological polar surface area (TPSA) is 29.5 Å². The Balaban J connectivity index is 2.75. The molecule has 1 heterocycles. The zero-order valence-corrected chi connectivity index (χ0v) is 11.6. The van der Waals surface area contributed by atoms with Gasteiger partial charge in [0.1, 0.15) is 6.10 Å². The van der Waals surface area contributed by atoms with Gasteiger partial charge in [-0.1, -0.05) is 6.92 Å². The Labute approximate surface area is 103 Å². The van der Waals surface area contributed by atoms with E-state index in [0.717, 1.165) is 12.8 Å². The molecule has 1 fully saturated rings. The Morgan fingerprint density at radius 1 is 1.31 bits per heavy atom. The number of esters is 1. The molecule has 4 heteroatoms. The van der Waals surface area contributed by atoms with Crippen molar-refractivity contribution in [3.8, 4) is 0 Å². The molecule has 3 nitrogen and oxygen atoms in total. The predicted molar refractivity (Wildman–Crippen MR) is 65.3 cm³/mol. The van der Waals surface area contributed by atoms with Gasteiger partial charge in [0.2, 0.25) is 0 Å². The van der Waals surface area contributed by atoms with Crippen LogP contribution < -0.4 is 0 Å². The van der Waals surface area contributed by atoms with E-state index in [2.05, 4.69) is 27.7 Å². The summed E-state index contributed by atoms with van der Waals surface area (Å²) in [5, 5.41) is 0. The largest absolute Gasteiger partial charge is 0.462 e. The second-order valence-corrected chi connectivity index (χ2v) is 6.12. The fourth-order valence-electron chi connectivity index (χ4n) is 2.52. The third kappa shape index (κ3) is 2.89. The normalized spacial score (nSPS) is 25.4. The van der Waals surface area contributed by atoms with E-state index in [9.17, 15) is 4.79 Å². The average Bonchev–Trinajstić information content (AvgIpc) is 2.13. The van der Waals surface area contributed by atoms with E-state index in [1.807, 2.05) is 11.3 Å². The predicted octanol–water partition coefficient (Wildman–Crippen LogP) is 3.12. The first kappa shape index (κ1) is 13.8. The van der Waals surface area contributed by atoms with E-state index >= 15 is 0 Å². The molecule has 0 aromatic carbocycles. The molecule has 0 spiro atoms. The molecule has 0 aromatic heterocycles. The first-order chi connectivity index (χ1) is 7.19. The lowest BCUT2D eigenvalue weighted by atomic mass is 9.81. The van der Waals surface area contributed by atoms with Gasteiger partial charge in [-0.05, 0) is 39.5 Å². The van der Waals surface area contributed by atoms with Crippen LogP contribution >= 0.6 is 11.8 Å². The Bertz CT molecular complexity index is 258. The van der Waals surface area contributed by atoms with Crippen molar-refractivity contribution in [3.05, 3.63) is 0 Å². The highest BCUT2D eigenvalue weighted by Crippen LogP contribution is 2.40. The van der Waals surface area contributed by atoms with Crippen LogP contribution in [0.15, 0.2) is 0 Å². The number of hydrogen-bond donors (Lipinski definition) is 0. The molecule has 0 aliphatic carbocycles. The summed E-state index contributed by atoms with van der Waals surface area (Å²) in [5.74, 6) is -0.125. The number of piperidine rings is 1. The Morgan fingerprint density at radius 2 is 1.75 bits per heavy atom. The van der Waals surface area contributed by atoms with E-state index in [4.69, 9.17) is 16.5 Å². The van der Waals surface area contributed by atoms with Crippen LogP contribution in [0.4, 0.5) is 0 Å². The maximum Gasteiger partial charge on any atom is 0.305 e. The Kier molecular flexibility index (Phi) is 3.91. The third-order valence-corrected chi connectivity index (χ3v) is 4.02. The minimum Gasteiger partial charge on any atom is -0.462 e. The number of rotatable bonds is 2. The number of nitrogens with zero attached hydrogens (tertiary/aromatic N) is 1. The molecule has 94 valence electrons. The van der Waals surface area contributed by atoms with Crippen LogP contribution in [0.2, 0.25) is 0 Å². The summed E-state index contributed by atoms with van der Waals surface area (Å²) in [6.45, 7) is 10.1. The molecule has 0 saturated carbocycles. The van der Waals surface area contributed by atoms with E-state index in [0.29, 0.717) is 6.42 Å². The molecule has 16 heavy (non-hydrogen) atoms. The van der Waals surface area contributed by atoms with Crippen LogP contribution in [0.3, 0.4) is 0 Å². The van der Waals surface area contributed by atoms with Crippen LogP contribution in [-0.4, -0.2) is 27.6 Å². The molecule has 0 bridgehead atoms. The molecule has 1 aliphatic rings. The Morgan fingerprint density at radius 3 is 2.12 bits per heavy atom. The summed E-state index contributed by atoms with van der Waals surface area (Å²) in [6, 6.07) is 0. The quantitative estimate of drug-likeness (QED) is 0.555. The highest BCUT2D eigenvalue weighted by atomic mass is 35.5. The summed E-state index contributed by atoms with van der Waals surface area (Å²) < 4.78 is 7.29. The van der Waals surface area contributed by atoms with Crippen LogP contribution in [0.1, 0.15) is 53.9 Å². The lowest BCUT2D eigenvalue weighted by molar-refractivity contribution is -0.155. The van der Waals surface area contributed by atoms with Crippen molar-refractivity contribution in [2.75, 3.05) is 0 Å². The smallest absolute Gasteiger partial charge is 0.305 e. The van der Waals surface area contributed by atoms with E-state index < -0.39 is 0 Å². The van der Waals surface area contributed by atoms with E-state index in [1.165, 1.54) is 0 Å². The molecular weight excluding hydrogens is 226 g/mol. The van der Waals surface area contributed by atoms with Gasteiger partial charge < -0.3 is 4.74 Å².